The Hall–Kier alpha value is -2.40. The van der Waals surface area contributed by atoms with Gasteiger partial charge in [0.25, 0.3) is 0 Å². The first-order valence-corrected chi connectivity index (χ1v) is 6.74. The fourth-order valence-electron chi connectivity index (χ4n) is 1.97. The molecule has 0 saturated heterocycles. The molecule has 3 rings (SSSR count). The van der Waals surface area contributed by atoms with Crippen LogP contribution in [0.5, 0.6) is 0 Å². The quantitative estimate of drug-likeness (QED) is 0.799. The van der Waals surface area contributed by atoms with Crippen molar-refractivity contribution < 1.29 is 4.39 Å². The molecule has 0 aliphatic rings. The fraction of sp³-hybridized carbons (Fsp3) is 0.0667. The number of halogens is 2. The highest BCUT2D eigenvalue weighted by Crippen LogP contribution is 2.21. The minimum atomic E-state index is -0.345. The third kappa shape index (κ3) is 3.03. The van der Waals surface area contributed by atoms with Crippen LogP contribution < -0.4 is 5.32 Å². The summed E-state index contributed by atoms with van der Waals surface area (Å²) in [5.74, 6) is 0.350. The van der Waals surface area contributed by atoms with Gasteiger partial charge in [0.05, 0.1) is 5.69 Å². The summed E-state index contributed by atoms with van der Waals surface area (Å²) in [6.45, 7) is 0.471. The Morgan fingerprint density at radius 1 is 1.19 bits per heavy atom. The lowest BCUT2D eigenvalue weighted by Crippen LogP contribution is -2.07. The van der Waals surface area contributed by atoms with E-state index in [0.717, 1.165) is 11.3 Å². The Labute approximate surface area is 126 Å². The summed E-state index contributed by atoms with van der Waals surface area (Å²) >= 11 is 6.02. The smallest absolute Gasteiger partial charge is 0.176 e. The Bertz CT molecular complexity index is 743. The second kappa shape index (κ2) is 5.93. The highest BCUT2D eigenvalue weighted by atomic mass is 35.5. The summed E-state index contributed by atoms with van der Waals surface area (Å²) in [6, 6.07) is 9.92. The summed E-state index contributed by atoms with van der Waals surface area (Å²) in [6.07, 6.45) is 5.21. The lowest BCUT2D eigenvalue weighted by atomic mass is 10.2. The van der Waals surface area contributed by atoms with Gasteiger partial charge >= 0.3 is 0 Å². The predicted octanol–water partition coefficient (Wildman–Crippen LogP) is 3.67. The van der Waals surface area contributed by atoms with Crippen molar-refractivity contribution >= 4 is 17.3 Å². The van der Waals surface area contributed by atoms with Gasteiger partial charge in [0.2, 0.25) is 0 Å². The normalized spacial score (nSPS) is 10.6. The molecule has 0 fully saturated rings. The van der Waals surface area contributed by atoms with Gasteiger partial charge in [-0.2, -0.15) is 5.10 Å². The minimum absolute atomic E-state index is 0.345. The van der Waals surface area contributed by atoms with Gasteiger partial charge in [-0.05, 0) is 35.9 Å². The lowest BCUT2D eigenvalue weighted by Gasteiger charge is -2.11. The Balaban J connectivity index is 1.83. The molecular weight excluding hydrogens is 291 g/mol. The van der Waals surface area contributed by atoms with Crippen LogP contribution in [0.4, 0.5) is 10.1 Å². The molecule has 0 spiro atoms. The first-order chi connectivity index (χ1) is 10.2. The molecule has 0 aliphatic heterocycles. The number of aromatic nitrogens is 3. The number of hydrogen-bond donors (Lipinski definition) is 1. The van der Waals surface area contributed by atoms with Gasteiger partial charge in [0, 0.05) is 30.2 Å². The number of benzene rings is 1. The van der Waals surface area contributed by atoms with E-state index in [4.69, 9.17) is 11.6 Å². The summed E-state index contributed by atoms with van der Waals surface area (Å²) < 4.78 is 14.7. The van der Waals surface area contributed by atoms with Gasteiger partial charge in [-0.1, -0.05) is 17.7 Å². The fourth-order valence-corrected chi connectivity index (χ4v) is 2.20. The number of nitrogens with one attached hydrogen (secondary N) is 1. The monoisotopic (exact) mass is 302 g/mol. The molecule has 3 aromatic rings. The van der Waals surface area contributed by atoms with Crippen molar-refractivity contribution in [1.29, 1.82) is 0 Å². The van der Waals surface area contributed by atoms with Gasteiger partial charge in [0.15, 0.2) is 5.82 Å². The molecule has 0 radical (unpaired) electrons. The maximum Gasteiger partial charge on any atom is 0.176 e. The second-order valence-electron chi connectivity index (χ2n) is 4.41. The molecule has 1 N–H and O–H groups in total. The largest absolute Gasteiger partial charge is 0.378 e. The molecule has 0 aliphatic carbocycles. The first kappa shape index (κ1) is 13.6. The molecule has 1 aromatic carbocycles. The molecule has 6 heteroatoms. The van der Waals surface area contributed by atoms with Crippen LogP contribution in [0.25, 0.3) is 5.82 Å². The Kier molecular flexibility index (Phi) is 3.83. The molecule has 0 amide bonds. The highest BCUT2D eigenvalue weighted by molar-refractivity contribution is 6.31. The van der Waals surface area contributed by atoms with E-state index in [0.29, 0.717) is 17.4 Å². The molecule has 0 bridgehead atoms. The standard InChI is InChI=1S/C15H12ClFN4/c16-13-9-12(17)5-4-11(13)10-19-14-3-1-6-18-15(14)21-8-2-7-20-21/h1-9,19H,10H2. The van der Waals surface area contributed by atoms with E-state index < -0.39 is 0 Å². The van der Waals surface area contributed by atoms with Crippen molar-refractivity contribution in [3.05, 3.63) is 71.4 Å². The van der Waals surface area contributed by atoms with Crippen molar-refractivity contribution in [1.82, 2.24) is 14.8 Å². The van der Waals surface area contributed by atoms with Crippen LogP contribution in [0.3, 0.4) is 0 Å². The molecule has 0 atom stereocenters. The maximum absolute atomic E-state index is 13.0. The van der Waals surface area contributed by atoms with Crippen LogP contribution in [-0.4, -0.2) is 14.8 Å². The molecular formula is C15H12ClFN4. The van der Waals surface area contributed by atoms with E-state index in [-0.39, 0.29) is 5.82 Å². The third-order valence-electron chi connectivity index (χ3n) is 2.99. The Morgan fingerprint density at radius 2 is 2.10 bits per heavy atom. The predicted molar refractivity (Wildman–Crippen MR) is 80.1 cm³/mol. The van der Waals surface area contributed by atoms with E-state index in [1.165, 1.54) is 12.1 Å². The number of hydrogen-bond acceptors (Lipinski definition) is 3. The molecule has 4 nitrogen and oxygen atoms in total. The zero-order valence-corrected chi connectivity index (χ0v) is 11.8. The van der Waals surface area contributed by atoms with E-state index in [1.54, 1.807) is 23.1 Å². The summed E-state index contributed by atoms with van der Waals surface area (Å²) in [7, 11) is 0. The zero-order valence-electron chi connectivity index (χ0n) is 11.0. The van der Waals surface area contributed by atoms with Crippen molar-refractivity contribution in [2.45, 2.75) is 6.54 Å². The molecule has 2 heterocycles. The van der Waals surface area contributed by atoms with Gasteiger partial charge in [-0.25, -0.2) is 14.1 Å². The van der Waals surface area contributed by atoms with Crippen LogP contribution in [0.2, 0.25) is 5.02 Å². The molecule has 0 saturated carbocycles. The zero-order chi connectivity index (χ0) is 14.7. The van der Waals surface area contributed by atoms with Crippen molar-refractivity contribution in [2.75, 3.05) is 5.32 Å². The average Bonchev–Trinajstić information content (AvgIpc) is 3.01. The summed E-state index contributed by atoms with van der Waals surface area (Å²) in [4.78, 5) is 4.31. The van der Waals surface area contributed by atoms with E-state index in [9.17, 15) is 4.39 Å². The van der Waals surface area contributed by atoms with Crippen molar-refractivity contribution in [3.8, 4) is 5.82 Å². The van der Waals surface area contributed by atoms with E-state index in [2.05, 4.69) is 15.4 Å². The third-order valence-corrected chi connectivity index (χ3v) is 3.34. The Morgan fingerprint density at radius 3 is 2.86 bits per heavy atom. The topological polar surface area (TPSA) is 42.7 Å². The molecule has 2 aromatic heterocycles. The average molecular weight is 303 g/mol. The number of nitrogens with zero attached hydrogens (tertiary/aromatic N) is 3. The van der Waals surface area contributed by atoms with Crippen molar-refractivity contribution in [2.24, 2.45) is 0 Å². The van der Waals surface area contributed by atoms with E-state index >= 15 is 0 Å². The van der Waals surface area contributed by atoms with Gasteiger partial charge < -0.3 is 5.32 Å². The number of pyridine rings is 1. The van der Waals surface area contributed by atoms with Gasteiger partial charge in [-0.3, -0.25) is 0 Å². The number of rotatable bonds is 4. The van der Waals surface area contributed by atoms with Crippen LogP contribution >= 0.6 is 11.6 Å². The molecule has 106 valence electrons. The lowest BCUT2D eigenvalue weighted by molar-refractivity contribution is 0.627. The van der Waals surface area contributed by atoms with Crippen LogP contribution in [-0.2, 0) is 6.54 Å². The first-order valence-electron chi connectivity index (χ1n) is 6.37. The van der Waals surface area contributed by atoms with Crippen LogP contribution in [0, 0.1) is 5.82 Å². The van der Waals surface area contributed by atoms with E-state index in [1.807, 2.05) is 24.4 Å². The molecule has 0 unspecified atom stereocenters. The van der Waals surface area contributed by atoms with Crippen molar-refractivity contribution in [3.63, 3.8) is 0 Å². The minimum Gasteiger partial charge on any atom is -0.378 e. The number of anilines is 1. The summed E-state index contributed by atoms with van der Waals surface area (Å²) in [5, 5.41) is 7.81. The molecule has 21 heavy (non-hydrogen) atoms. The maximum atomic E-state index is 13.0. The second-order valence-corrected chi connectivity index (χ2v) is 4.82. The van der Waals surface area contributed by atoms with Crippen LogP contribution in [0.15, 0.2) is 55.0 Å². The van der Waals surface area contributed by atoms with Crippen LogP contribution in [0.1, 0.15) is 5.56 Å². The summed E-state index contributed by atoms with van der Waals surface area (Å²) in [5.41, 5.74) is 1.63. The van der Waals surface area contributed by atoms with Gasteiger partial charge in [0.1, 0.15) is 5.82 Å². The highest BCUT2D eigenvalue weighted by Gasteiger charge is 2.07. The SMILES string of the molecule is Fc1ccc(CNc2cccnc2-n2cccn2)c(Cl)c1. The van der Waals surface area contributed by atoms with Gasteiger partial charge in [-0.15, -0.1) is 0 Å².